The van der Waals surface area contributed by atoms with Crippen LogP contribution in [0, 0.1) is 17.2 Å². The molecule has 4 aromatic rings. The number of fused-ring (bicyclic) bond motifs is 1. The predicted molar refractivity (Wildman–Crippen MR) is 156 cm³/mol. The van der Waals surface area contributed by atoms with Crippen molar-refractivity contribution in [2.75, 3.05) is 13.6 Å². The van der Waals surface area contributed by atoms with Gasteiger partial charge in [0, 0.05) is 44.6 Å². The normalized spacial score (nSPS) is 12.3. The molecule has 206 valence electrons. The van der Waals surface area contributed by atoms with Crippen LogP contribution >= 0.6 is 0 Å². The Morgan fingerprint density at radius 2 is 1.82 bits per heavy atom. The number of amides is 3. The Hall–Kier alpha value is -4.64. The van der Waals surface area contributed by atoms with E-state index in [1.807, 2.05) is 41.0 Å². The number of carbonyl (C=O) groups excluding carboxylic acids is 2. The van der Waals surface area contributed by atoms with Crippen LogP contribution in [0.4, 0.5) is 4.79 Å². The summed E-state index contributed by atoms with van der Waals surface area (Å²) in [6.45, 7) is 5.55. The largest absolute Gasteiger partial charge is 0.351 e. The van der Waals surface area contributed by atoms with E-state index < -0.39 is 0 Å². The highest BCUT2D eigenvalue weighted by Crippen LogP contribution is 2.21. The number of nitriles is 1. The van der Waals surface area contributed by atoms with Gasteiger partial charge in [-0.3, -0.25) is 4.79 Å². The molecule has 2 N–H and O–H groups in total. The third kappa shape index (κ3) is 7.06. The van der Waals surface area contributed by atoms with E-state index in [9.17, 15) is 9.59 Å². The first-order chi connectivity index (χ1) is 19.4. The maximum absolute atomic E-state index is 13.3. The second-order valence-corrected chi connectivity index (χ2v) is 10.1. The Labute approximate surface area is 235 Å². The Bertz CT molecular complexity index is 1480. The van der Waals surface area contributed by atoms with Gasteiger partial charge in [0.05, 0.1) is 24.4 Å². The van der Waals surface area contributed by atoms with Crippen molar-refractivity contribution in [1.82, 2.24) is 25.1 Å². The second kappa shape index (κ2) is 13.4. The lowest BCUT2D eigenvalue weighted by molar-refractivity contribution is -0.121. The molecule has 0 saturated heterocycles. The lowest BCUT2D eigenvalue weighted by atomic mass is 9.97. The molecule has 0 fully saturated rings. The number of urea groups is 1. The van der Waals surface area contributed by atoms with E-state index in [1.54, 1.807) is 36.6 Å². The van der Waals surface area contributed by atoms with E-state index in [4.69, 9.17) is 5.26 Å². The van der Waals surface area contributed by atoms with Gasteiger partial charge in [-0.05, 0) is 39.9 Å². The highest BCUT2D eigenvalue weighted by molar-refractivity contribution is 5.86. The van der Waals surface area contributed by atoms with Crippen molar-refractivity contribution in [2.24, 2.45) is 5.92 Å². The molecule has 0 aliphatic heterocycles. The first-order valence-corrected chi connectivity index (χ1v) is 13.6. The molecule has 4 rings (SSSR count). The zero-order valence-corrected chi connectivity index (χ0v) is 23.3. The highest BCUT2D eigenvalue weighted by Gasteiger charge is 2.25. The van der Waals surface area contributed by atoms with Gasteiger partial charge >= 0.3 is 6.03 Å². The molecule has 3 amide bonds. The van der Waals surface area contributed by atoms with Crippen LogP contribution in [0.5, 0.6) is 0 Å². The molecule has 0 saturated carbocycles. The number of nitrogens with zero attached hydrogens (tertiary/aromatic N) is 4. The second-order valence-electron chi connectivity index (χ2n) is 10.1. The molecule has 0 aliphatic carbocycles. The molecular formula is C32H36N6O2. The Kier molecular flexibility index (Phi) is 9.53. The molecule has 2 atom stereocenters. The van der Waals surface area contributed by atoms with E-state index in [1.165, 1.54) is 0 Å². The van der Waals surface area contributed by atoms with E-state index in [-0.39, 0.29) is 30.3 Å². The van der Waals surface area contributed by atoms with Crippen molar-refractivity contribution in [2.45, 2.75) is 45.8 Å². The molecule has 3 aromatic carbocycles. The van der Waals surface area contributed by atoms with E-state index in [0.29, 0.717) is 25.2 Å². The maximum Gasteiger partial charge on any atom is 0.317 e. The van der Waals surface area contributed by atoms with Crippen LogP contribution in [-0.4, -0.2) is 46.0 Å². The molecule has 1 heterocycles. The number of carbonyl (C=O) groups is 2. The fraction of sp³-hybridized carbons (Fsp3) is 0.312. The van der Waals surface area contributed by atoms with Crippen LogP contribution < -0.4 is 10.6 Å². The molecule has 0 spiro atoms. The number of benzene rings is 3. The van der Waals surface area contributed by atoms with Crippen molar-refractivity contribution < 1.29 is 9.59 Å². The fourth-order valence-corrected chi connectivity index (χ4v) is 4.84. The van der Waals surface area contributed by atoms with Gasteiger partial charge in [-0.2, -0.15) is 5.26 Å². The Morgan fingerprint density at radius 3 is 2.55 bits per heavy atom. The molecule has 0 radical (unpaired) electrons. The summed E-state index contributed by atoms with van der Waals surface area (Å²) in [5, 5.41) is 17.2. The van der Waals surface area contributed by atoms with Crippen molar-refractivity contribution in [3.8, 4) is 6.07 Å². The summed E-state index contributed by atoms with van der Waals surface area (Å²) in [6.07, 6.45) is 4.45. The van der Waals surface area contributed by atoms with Crippen LogP contribution in [0.25, 0.3) is 10.8 Å². The van der Waals surface area contributed by atoms with Crippen LogP contribution in [-0.2, 0) is 24.3 Å². The lowest BCUT2D eigenvalue weighted by Crippen LogP contribution is -2.50. The summed E-state index contributed by atoms with van der Waals surface area (Å²) in [5.74, 6) is 0.0427. The van der Waals surface area contributed by atoms with E-state index in [2.05, 4.69) is 53.7 Å². The third-order valence-electron chi connectivity index (χ3n) is 7.41. The minimum Gasteiger partial charge on any atom is -0.351 e. The average molecular weight is 537 g/mol. The maximum atomic E-state index is 13.3. The molecule has 2 unspecified atom stereocenters. The molecular weight excluding hydrogens is 500 g/mol. The van der Waals surface area contributed by atoms with Gasteiger partial charge in [0.2, 0.25) is 5.91 Å². The number of imidazole rings is 1. The predicted octanol–water partition coefficient (Wildman–Crippen LogP) is 4.87. The number of hydrogen-bond donors (Lipinski definition) is 2. The molecule has 0 aliphatic rings. The van der Waals surface area contributed by atoms with Crippen molar-refractivity contribution in [3.63, 3.8) is 0 Å². The topological polar surface area (TPSA) is 103 Å². The van der Waals surface area contributed by atoms with Gasteiger partial charge in [0.15, 0.2) is 0 Å². The molecule has 1 aromatic heterocycles. The Morgan fingerprint density at radius 1 is 1.07 bits per heavy atom. The van der Waals surface area contributed by atoms with Crippen LogP contribution in [0.15, 0.2) is 79.3 Å². The monoisotopic (exact) mass is 536 g/mol. The zero-order valence-electron chi connectivity index (χ0n) is 23.3. The minimum absolute atomic E-state index is 0.117. The summed E-state index contributed by atoms with van der Waals surface area (Å²) in [5.41, 5.74) is 3.48. The Balaban J connectivity index is 1.47. The summed E-state index contributed by atoms with van der Waals surface area (Å²) in [7, 11) is 1.63. The molecule has 8 nitrogen and oxygen atoms in total. The van der Waals surface area contributed by atoms with Crippen LogP contribution in [0.3, 0.4) is 0 Å². The molecule has 8 heteroatoms. The van der Waals surface area contributed by atoms with Crippen LogP contribution in [0.2, 0.25) is 0 Å². The number of nitrogens with one attached hydrogen (secondary N) is 2. The SMILES string of the molecule is CCC(C)C(CN(Cc1cccc2ccccc12)C(=O)NC)NC(=O)Cc1cncn1Cc1ccc(C#N)cc1. The molecule has 0 bridgehead atoms. The third-order valence-corrected chi connectivity index (χ3v) is 7.41. The van der Waals surface area contributed by atoms with Gasteiger partial charge in [-0.1, -0.05) is 74.9 Å². The summed E-state index contributed by atoms with van der Waals surface area (Å²) >= 11 is 0. The van der Waals surface area contributed by atoms with Gasteiger partial charge in [-0.15, -0.1) is 0 Å². The first kappa shape index (κ1) is 28.4. The summed E-state index contributed by atoms with van der Waals surface area (Å²) in [4.78, 5) is 32.3. The van der Waals surface area contributed by atoms with Crippen LogP contribution in [0.1, 0.15) is 42.7 Å². The molecule has 40 heavy (non-hydrogen) atoms. The van der Waals surface area contributed by atoms with Gasteiger partial charge in [-0.25, -0.2) is 9.78 Å². The quantitative estimate of drug-likeness (QED) is 0.285. The average Bonchev–Trinajstić information content (AvgIpc) is 3.41. The lowest BCUT2D eigenvalue weighted by Gasteiger charge is -2.31. The minimum atomic E-state index is -0.223. The number of rotatable bonds is 11. The van der Waals surface area contributed by atoms with E-state index >= 15 is 0 Å². The van der Waals surface area contributed by atoms with Crippen molar-refractivity contribution in [1.29, 1.82) is 5.26 Å². The number of hydrogen-bond acceptors (Lipinski definition) is 4. The van der Waals surface area contributed by atoms with Gasteiger partial charge < -0.3 is 20.1 Å². The smallest absolute Gasteiger partial charge is 0.317 e. The summed E-state index contributed by atoms with van der Waals surface area (Å²) < 4.78 is 1.94. The van der Waals surface area contributed by atoms with Gasteiger partial charge in [0.25, 0.3) is 0 Å². The van der Waals surface area contributed by atoms with E-state index in [0.717, 1.165) is 34.0 Å². The summed E-state index contributed by atoms with van der Waals surface area (Å²) in [6, 6.07) is 23.4. The standard InChI is InChI=1S/C32H36N6O2/c1-4-23(2)30(21-37(32(40)34-3)20-27-10-7-9-26-8-5-6-11-29(26)27)36-31(39)16-28-18-35-22-38(28)19-25-14-12-24(17-33)13-15-25/h5-15,18,22-23,30H,4,16,19-21H2,1-3H3,(H,34,40)(H,36,39). The highest BCUT2D eigenvalue weighted by atomic mass is 16.2. The van der Waals surface area contributed by atoms with Crippen molar-refractivity contribution in [3.05, 3.63) is 102 Å². The fourth-order valence-electron chi connectivity index (χ4n) is 4.84. The zero-order chi connectivity index (χ0) is 28.5. The van der Waals surface area contributed by atoms with Gasteiger partial charge in [0.1, 0.15) is 0 Å². The first-order valence-electron chi connectivity index (χ1n) is 13.6. The number of aromatic nitrogens is 2. The van der Waals surface area contributed by atoms with Crippen molar-refractivity contribution >= 4 is 22.7 Å².